The van der Waals surface area contributed by atoms with Crippen molar-refractivity contribution in [2.75, 3.05) is 5.32 Å². The average molecular weight is 287 g/mol. The summed E-state index contributed by atoms with van der Waals surface area (Å²) < 4.78 is 39.9. The molecule has 0 aliphatic heterocycles. The van der Waals surface area contributed by atoms with E-state index in [0.29, 0.717) is 17.4 Å². The van der Waals surface area contributed by atoms with Gasteiger partial charge in [0.15, 0.2) is 5.69 Å². The highest BCUT2D eigenvalue weighted by Crippen LogP contribution is 2.28. The number of alkyl halides is 3. The molecule has 0 aliphatic carbocycles. The van der Waals surface area contributed by atoms with Crippen LogP contribution in [-0.2, 0) is 20.3 Å². The van der Waals surface area contributed by atoms with E-state index in [9.17, 15) is 18.0 Å². The molecule has 0 bridgehead atoms. The summed E-state index contributed by atoms with van der Waals surface area (Å²) in [5.41, 5.74) is -0.278. The second kappa shape index (κ2) is 4.66. The largest absolute Gasteiger partial charge is 0.435 e. The molecular formula is C11H12F3N5O. The molecule has 1 amide bonds. The third kappa shape index (κ3) is 2.65. The third-order valence-corrected chi connectivity index (χ3v) is 2.66. The standard InChI is InChI=1S/C11H12F3N5O/c1-6-7(5-18(2)16-6)15-10(20)8-4-9(11(12,13)14)17-19(8)3/h4-5H,1-3H3,(H,15,20). The number of anilines is 1. The Morgan fingerprint density at radius 2 is 1.95 bits per heavy atom. The molecule has 2 rings (SSSR count). The predicted molar refractivity (Wildman–Crippen MR) is 64.1 cm³/mol. The molecule has 0 aliphatic rings. The molecule has 2 heterocycles. The summed E-state index contributed by atoms with van der Waals surface area (Å²) in [4.78, 5) is 12.0. The maximum absolute atomic E-state index is 12.5. The van der Waals surface area contributed by atoms with E-state index in [0.717, 1.165) is 4.68 Å². The molecule has 20 heavy (non-hydrogen) atoms. The van der Waals surface area contributed by atoms with Gasteiger partial charge in [0.2, 0.25) is 0 Å². The summed E-state index contributed by atoms with van der Waals surface area (Å²) in [6.45, 7) is 1.68. The Bertz CT molecular complexity index is 656. The quantitative estimate of drug-likeness (QED) is 0.915. The summed E-state index contributed by atoms with van der Waals surface area (Å²) in [6.07, 6.45) is -3.02. The average Bonchev–Trinajstić information content (AvgIpc) is 2.82. The van der Waals surface area contributed by atoms with Crippen molar-refractivity contribution in [2.45, 2.75) is 13.1 Å². The van der Waals surface area contributed by atoms with Crippen LogP contribution in [0.4, 0.5) is 18.9 Å². The minimum atomic E-state index is -4.58. The van der Waals surface area contributed by atoms with Gasteiger partial charge in [-0.2, -0.15) is 23.4 Å². The molecule has 2 aromatic rings. The van der Waals surface area contributed by atoms with Gasteiger partial charge in [0.25, 0.3) is 5.91 Å². The number of rotatable bonds is 2. The molecule has 1 N–H and O–H groups in total. The number of amides is 1. The highest BCUT2D eigenvalue weighted by Gasteiger charge is 2.35. The van der Waals surface area contributed by atoms with Gasteiger partial charge in [-0.1, -0.05) is 0 Å². The first kappa shape index (κ1) is 14.1. The molecular weight excluding hydrogens is 275 g/mol. The Kier molecular flexibility index (Phi) is 3.28. The van der Waals surface area contributed by atoms with Crippen LogP contribution in [0.15, 0.2) is 12.3 Å². The maximum atomic E-state index is 12.5. The van der Waals surface area contributed by atoms with Crippen LogP contribution in [-0.4, -0.2) is 25.5 Å². The number of carbonyl (C=O) groups excluding carboxylic acids is 1. The van der Waals surface area contributed by atoms with Crippen molar-refractivity contribution in [3.63, 3.8) is 0 Å². The number of aryl methyl sites for hydroxylation is 3. The number of nitrogens with one attached hydrogen (secondary N) is 1. The minimum absolute atomic E-state index is 0.180. The van der Waals surface area contributed by atoms with E-state index >= 15 is 0 Å². The summed E-state index contributed by atoms with van der Waals surface area (Å²) >= 11 is 0. The normalized spacial score (nSPS) is 11.7. The predicted octanol–water partition coefficient (Wildman–Crippen LogP) is 1.73. The fourth-order valence-electron chi connectivity index (χ4n) is 1.73. The Morgan fingerprint density at radius 1 is 1.30 bits per heavy atom. The van der Waals surface area contributed by atoms with Crippen LogP contribution in [0.2, 0.25) is 0 Å². The fraction of sp³-hybridized carbons (Fsp3) is 0.364. The highest BCUT2D eigenvalue weighted by atomic mass is 19.4. The first-order valence-electron chi connectivity index (χ1n) is 5.61. The van der Waals surface area contributed by atoms with E-state index in [2.05, 4.69) is 15.5 Å². The van der Waals surface area contributed by atoms with E-state index in [4.69, 9.17) is 0 Å². The lowest BCUT2D eigenvalue weighted by Gasteiger charge is -2.03. The second-order valence-electron chi connectivity index (χ2n) is 4.29. The Morgan fingerprint density at radius 3 is 2.40 bits per heavy atom. The van der Waals surface area contributed by atoms with Gasteiger partial charge in [0.05, 0.1) is 11.4 Å². The molecule has 0 spiro atoms. The van der Waals surface area contributed by atoms with Crippen LogP contribution < -0.4 is 5.32 Å². The van der Waals surface area contributed by atoms with Crippen molar-refractivity contribution < 1.29 is 18.0 Å². The van der Waals surface area contributed by atoms with Gasteiger partial charge >= 0.3 is 6.18 Å². The molecule has 0 aromatic carbocycles. The van der Waals surface area contributed by atoms with Crippen LogP contribution in [0.3, 0.4) is 0 Å². The van der Waals surface area contributed by atoms with Gasteiger partial charge in [-0.15, -0.1) is 0 Å². The van der Waals surface area contributed by atoms with Crippen LogP contribution >= 0.6 is 0 Å². The molecule has 0 radical (unpaired) electrons. The molecule has 0 saturated carbocycles. The summed E-state index contributed by atoms with van der Waals surface area (Å²) in [7, 11) is 2.95. The molecule has 0 fully saturated rings. The van der Waals surface area contributed by atoms with Crippen molar-refractivity contribution in [3.05, 3.63) is 29.3 Å². The Hall–Kier alpha value is -2.32. The van der Waals surface area contributed by atoms with Crippen molar-refractivity contribution in [3.8, 4) is 0 Å². The number of carbonyl (C=O) groups is 1. The lowest BCUT2D eigenvalue weighted by Crippen LogP contribution is -2.16. The lowest BCUT2D eigenvalue weighted by atomic mass is 10.3. The van der Waals surface area contributed by atoms with Crippen molar-refractivity contribution in [2.24, 2.45) is 14.1 Å². The number of hydrogen-bond acceptors (Lipinski definition) is 3. The molecule has 6 nitrogen and oxygen atoms in total. The summed E-state index contributed by atoms with van der Waals surface area (Å²) in [5, 5.41) is 9.81. The number of nitrogens with zero attached hydrogens (tertiary/aromatic N) is 4. The summed E-state index contributed by atoms with van der Waals surface area (Å²) in [6, 6.07) is 0.709. The van der Waals surface area contributed by atoms with E-state index in [1.807, 2.05) is 0 Å². The van der Waals surface area contributed by atoms with E-state index in [1.165, 1.54) is 11.7 Å². The van der Waals surface area contributed by atoms with Crippen molar-refractivity contribution in [1.82, 2.24) is 19.6 Å². The van der Waals surface area contributed by atoms with E-state index in [-0.39, 0.29) is 5.69 Å². The maximum Gasteiger partial charge on any atom is 0.435 e. The Balaban J connectivity index is 2.26. The third-order valence-electron chi connectivity index (χ3n) is 2.66. The molecule has 0 unspecified atom stereocenters. The van der Waals surface area contributed by atoms with Gasteiger partial charge in [0, 0.05) is 26.4 Å². The van der Waals surface area contributed by atoms with Crippen LogP contribution in [0.5, 0.6) is 0 Å². The van der Waals surface area contributed by atoms with Gasteiger partial charge in [-0.05, 0) is 6.92 Å². The number of aromatic nitrogens is 4. The topological polar surface area (TPSA) is 64.7 Å². The molecule has 108 valence electrons. The van der Waals surface area contributed by atoms with E-state index in [1.54, 1.807) is 20.2 Å². The van der Waals surface area contributed by atoms with Gasteiger partial charge in [-0.3, -0.25) is 14.2 Å². The second-order valence-corrected chi connectivity index (χ2v) is 4.29. The van der Waals surface area contributed by atoms with Crippen LogP contribution in [0.25, 0.3) is 0 Å². The molecule has 9 heteroatoms. The minimum Gasteiger partial charge on any atom is -0.318 e. The Labute approximate surface area is 112 Å². The van der Waals surface area contributed by atoms with Crippen molar-refractivity contribution in [1.29, 1.82) is 0 Å². The van der Waals surface area contributed by atoms with Crippen molar-refractivity contribution >= 4 is 11.6 Å². The fourth-order valence-corrected chi connectivity index (χ4v) is 1.73. The van der Waals surface area contributed by atoms with Crippen LogP contribution in [0, 0.1) is 6.92 Å². The van der Waals surface area contributed by atoms with Gasteiger partial charge in [0.1, 0.15) is 5.69 Å². The molecule has 2 aromatic heterocycles. The number of hydrogen-bond donors (Lipinski definition) is 1. The van der Waals surface area contributed by atoms with Crippen LogP contribution in [0.1, 0.15) is 21.9 Å². The SMILES string of the molecule is Cc1nn(C)cc1NC(=O)c1cc(C(F)(F)F)nn1C. The zero-order valence-corrected chi connectivity index (χ0v) is 11.0. The van der Waals surface area contributed by atoms with Gasteiger partial charge < -0.3 is 5.32 Å². The van der Waals surface area contributed by atoms with Gasteiger partial charge in [-0.25, -0.2) is 0 Å². The lowest BCUT2D eigenvalue weighted by molar-refractivity contribution is -0.141. The smallest absolute Gasteiger partial charge is 0.318 e. The first-order valence-corrected chi connectivity index (χ1v) is 5.61. The zero-order valence-electron chi connectivity index (χ0n) is 11.0. The monoisotopic (exact) mass is 287 g/mol. The van der Waals surface area contributed by atoms with E-state index < -0.39 is 17.8 Å². The summed E-state index contributed by atoms with van der Waals surface area (Å²) in [5.74, 6) is -0.674. The zero-order chi connectivity index (χ0) is 15.1. The number of halogens is 3. The molecule has 0 saturated heterocycles. The molecule has 0 atom stereocenters. The first-order chi connectivity index (χ1) is 9.18. The highest BCUT2D eigenvalue weighted by molar-refractivity contribution is 6.03.